The van der Waals surface area contributed by atoms with Crippen molar-refractivity contribution in [1.82, 2.24) is 5.32 Å². The van der Waals surface area contributed by atoms with Gasteiger partial charge in [0.2, 0.25) is 0 Å². The summed E-state index contributed by atoms with van der Waals surface area (Å²) >= 11 is 0. The van der Waals surface area contributed by atoms with Crippen LogP contribution in [0.5, 0.6) is 0 Å². The van der Waals surface area contributed by atoms with E-state index in [0.717, 1.165) is 89.1 Å². The molecule has 0 saturated carbocycles. The van der Waals surface area contributed by atoms with Gasteiger partial charge in [0.05, 0.1) is 11.1 Å². The Morgan fingerprint density at radius 1 is 0.196 bits per heavy atom. The highest BCUT2D eigenvalue weighted by Gasteiger charge is 2.51. The number of hydrogen-bond acceptors (Lipinski definition) is 3. The third-order valence-corrected chi connectivity index (χ3v) is 18.7. The van der Waals surface area contributed by atoms with E-state index < -0.39 is 5.41 Å². The molecule has 3 aliphatic rings. The Balaban J connectivity index is 0.818. The topological polar surface area (TPSA) is 36.8 Å². The lowest BCUT2D eigenvalue weighted by atomic mass is 9.70. The zero-order valence-corrected chi connectivity index (χ0v) is 50.4. The van der Waals surface area contributed by atoms with Crippen LogP contribution in [0.25, 0.3) is 117 Å². The van der Waals surface area contributed by atoms with Gasteiger partial charge in [-0.1, -0.05) is 279 Å². The van der Waals surface area contributed by atoms with Crippen LogP contribution in [-0.4, -0.2) is 11.7 Å². The fourth-order valence-electron chi connectivity index (χ4n) is 14.3. The minimum atomic E-state index is -0.522. The zero-order valence-electron chi connectivity index (χ0n) is 50.4. The number of rotatable bonds is 11. The van der Waals surface area contributed by atoms with Gasteiger partial charge in [-0.25, -0.2) is 9.98 Å². The molecular weight excluding hydrogens is 1110 g/mol. The van der Waals surface area contributed by atoms with Crippen molar-refractivity contribution in [3.05, 3.63) is 391 Å². The lowest BCUT2D eigenvalue weighted by molar-refractivity contribution is 0.793. The highest BCUT2D eigenvalue weighted by molar-refractivity contribution is 6.15. The number of amidine groups is 2. The molecule has 1 spiro atoms. The van der Waals surface area contributed by atoms with E-state index in [0.29, 0.717) is 11.7 Å². The number of hydrogen-bond donors (Lipinski definition) is 1. The van der Waals surface area contributed by atoms with Crippen molar-refractivity contribution in [3.8, 4) is 111 Å². The van der Waals surface area contributed by atoms with Gasteiger partial charge in [-0.05, 0) is 200 Å². The normalized spacial score (nSPS) is 13.2. The van der Waals surface area contributed by atoms with E-state index in [2.05, 4.69) is 351 Å². The Labute approximate surface area is 537 Å². The van der Waals surface area contributed by atoms with Gasteiger partial charge in [0.25, 0.3) is 0 Å². The van der Waals surface area contributed by atoms with Crippen LogP contribution in [0.3, 0.4) is 0 Å². The van der Waals surface area contributed by atoms with Crippen molar-refractivity contribution in [2.24, 2.45) is 9.98 Å². The Kier molecular flexibility index (Phi) is 13.4. The van der Waals surface area contributed by atoms with Gasteiger partial charge in [0.15, 0.2) is 5.84 Å². The zero-order chi connectivity index (χ0) is 61.0. The molecule has 2 aliphatic carbocycles. The molecule has 430 valence electrons. The number of nitrogens with zero attached hydrogens (tertiary/aromatic N) is 2. The Morgan fingerprint density at radius 3 is 0.913 bits per heavy atom. The smallest absolute Gasteiger partial charge is 0.162 e. The van der Waals surface area contributed by atoms with Gasteiger partial charge < -0.3 is 5.32 Å². The molecule has 1 N–H and O–H groups in total. The van der Waals surface area contributed by atoms with Crippen LogP contribution in [0.4, 0.5) is 0 Å². The summed E-state index contributed by atoms with van der Waals surface area (Å²) in [6.45, 7) is 0. The standard InChI is InChI=1S/C89H59N3/c1-5-23-59(24-6-1)63-31-19-33-65(47-63)74-51-72(61-27-9-3-10-28-61)53-76(55-74)67-35-21-37-69(49-67)86-58-90-87(71-45-46-81-80-41-15-18-44-84(80)89(85(81)57-71)82-42-16-13-39-78(82)79-40-14-17-43-83(79)89)92-88(91-86)70-38-22-36-68(50-70)77-54-73(62-29-11-4-12-30-62)52-75(56-77)66-34-20-32-64(48-66)60-25-7-2-8-26-60/h1-58H,(H,90,91,92). The van der Waals surface area contributed by atoms with Crippen molar-refractivity contribution in [1.29, 1.82) is 0 Å². The number of benzene rings is 14. The lowest BCUT2D eigenvalue weighted by Gasteiger charge is -2.30. The first-order valence-corrected chi connectivity index (χ1v) is 31.6. The van der Waals surface area contributed by atoms with Gasteiger partial charge in [-0.2, -0.15) is 0 Å². The largest absolute Gasteiger partial charge is 0.344 e. The molecule has 0 radical (unpaired) electrons. The van der Waals surface area contributed by atoms with Gasteiger partial charge >= 0.3 is 0 Å². The van der Waals surface area contributed by atoms with Crippen molar-refractivity contribution in [2.75, 3.05) is 0 Å². The number of aliphatic imine (C=N–C) groups is 2. The van der Waals surface area contributed by atoms with Crippen LogP contribution in [0, 0.1) is 0 Å². The van der Waals surface area contributed by atoms with Crippen molar-refractivity contribution in [3.63, 3.8) is 0 Å². The molecule has 0 saturated heterocycles. The van der Waals surface area contributed by atoms with E-state index in [1.807, 2.05) is 6.20 Å². The maximum absolute atomic E-state index is 5.68. The third kappa shape index (κ3) is 9.63. The average molecular weight is 1170 g/mol. The second kappa shape index (κ2) is 22.8. The summed E-state index contributed by atoms with van der Waals surface area (Å²) in [5.74, 6) is 1.30. The van der Waals surface area contributed by atoms with E-state index >= 15 is 0 Å². The molecule has 0 bridgehead atoms. The lowest BCUT2D eigenvalue weighted by Crippen LogP contribution is -2.27. The molecule has 0 unspecified atom stereocenters. The Hall–Kier alpha value is -12.0. The van der Waals surface area contributed by atoms with Crippen LogP contribution < -0.4 is 5.32 Å². The molecule has 14 aromatic carbocycles. The van der Waals surface area contributed by atoms with Crippen molar-refractivity contribution in [2.45, 2.75) is 5.41 Å². The summed E-state index contributed by atoms with van der Waals surface area (Å²) in [6, 6.07) is 126. The molecule has 3 nitrogen and oxygen atoms in total. The second-order valence-corrected chi connectivity index (χ2v) is 24.1. The first-order chi connectivity index (χ1) is 45.6. The fourth-order valence-corrected chi connectivity index (χ4v) is 14.3. The molecule has 0 atom stereocenters. The molecule has 14 aromatic rings. The molecular formula is C89H59N3. The van der Waals surface area contributed by atoms with Crippen LogP contribution in [0.2, 0.25) is 0 Å². The molecule has 0 fully saturated rings. The van der Waals surface area contributed by atoms with E-state index in [1.165, 1.54) is 66.8 Å². The maximum atomic E-state index is 5.68. The van der Waals surface area contributed by atoms with Crippen LogP contribution in [0.1, 0.15) is 38.9 Å². The van der Waals surface area contributed by atoms with Crippen molar-refractivity contribution < 1.29 is 0 Å². The summed E-state index contributed by atoms with van der Waals surface area (Å²) in [6.07, 6.45) is 2.05. The minimum absolute atomic E-state index is 0.522. The second-order valence-electron chi connectivity index (χ2n) is 24.1. The number of nitrogens with one attached hydrogen (secondary N) is 1. The van der Waals surface area contributed by atoms with Gasteiger partial charge in [0.1, 0.15) is 5.84 Å². The van der Waals surface area contributed by atoms with Crippen LogP contribution in [-0.2, 0) is 5.41 Å². The predicted molar refractivity (Wildman–Crippen MR) is 383 cm³/mol. The molecule has 1 aliphatic heterocycles. The fraction of sp³-hybridized carbons (Fsp3) is 0.0112. The molecule has 0 amide bonds. The Morgan fingerprint density at radius 2 is 0.489 bits per heavy atom. The molecule has 0 aromatic heterocycles. The van der Waals surface area contributed by atoms with E-state index in [4.69, 9.17) is 9.98 Å². The molecule has 17 rings (SSSR count). The van der Waals surface area contributed by atoms with Gasteiger partial charge in [-0.15, -0.1) is 0 Å². The van der Waals surface area contributed by atoms with Crippen LogP contribution in [0.15, 0.2) is 362 Å². The minimum Gasteiger partial charge on any atom is -0.344 e. The summed E-state index contributed by atoms with van der Waals surface area (Å²) in [5, 5.41) is 3.80. The monoisotopic (exact) mass is 1170 g/mol. The van der Waals surface area contributed by atoms with E-state index in [1.54, 1.807) is 0 Å². The van der Waals surface area contributed by atoms with Gasteiger partial charge in [-0.3, -0.25) is 0 Å². The van der Waals surface area contributed by atoms with Gasteiger partial charge in [0, 0.05) is 22.9 Å². The summed E-state index contributed by atoms with van der Waals surface area (Å²) < 4.78 is 0. The first kappa shape index (κ1) is 54.1. The SMILES string of the molecule is C1=C(c2cccc(-c3cc(-c4ccccc4)cc(-c4cccc(-c5ccccc5)c4)c3)c2)N=C(c2cccc(-c3cc(-c4ccccc4)cc(-c4cccc(-c5ccccc5)c4)c3)c2)N=C(c2ccc3c(c2)C2(c4ccccc4-c4ccccc42)c2ccccc2-3)N1. The summed E-state index contributed by atoms with van der Waals surface area (Å²) in [7, 11) is 0. The number of fused-ring (bicyclic) bond motifs is 10. The molecule has 92 heavy (non-hydrogen) atoms. The van der Waals surface area contributed by atoms with E-state index in [-0.39, 0.29) is 0 Å². The highest BCUT2D eigenvalue weighted by Crippen LogP contribution is 2.63. The van der Waals surface area contributed by atoms with Crippen LogP contribution >= 0.6 is 0 Å². The molecule has 3 heteroatoms. The van der Waals surface area contributed by atoms with Crippen molar-refractivity contribution >= 4 is 17.4 Å². The van der Waals surface area contributed by atoms with E-state index in [9.17, 15) is 0 Å². The summed E-state index contributed by atoms with van der Waals surface area (Å²) in [5.41, 5.74) is 31.5. The first-order valence-electron chi connectivity index (χ1n) is 31.6. The Bertz CT molecular complexity index is 5230. The molecule has 1 heterocycles. The third-order valence-electron chi connectivity index (χ3n) is 18.7. The quantitative estimate of drug-likeness (QED) is 0.138. The highest BCUT2D eigenvalue weighted by atomic mass is 15.1. The summed E-state index contributed by atoms with van der Waals surface area (Å²) in [4.78, 5) is 11.3. The maximum Gasteiger partial charge on any atom is 0.162 e. The predicted octanol–water partition coefficient (Wildman–Crippen LogP) is 22.2. The average Bonchev–Trinajstić information content (AvgIpc) is 1.51.